The van der Waals surface area contributed by atoms with Crippen LogP contribution in [0.3, 0.4) is 0 Å². The molecule has 1 aromatic carbocycles. The largest absolute Gasteiger partial charge is 0.418 e. The number of benzene rings is 1. The number of oxazole rings is 1. The monoisotopic (exact) mass is 212 g/mol. The highest BCUT2D eigenvalue weighted by molar-refractivity contribution is 5.71. The molecule has 0 atom stereocenters. The minimum absolute atomic E-state index is 0.488. The van der Waals surface area contributed by atoms with Crippen molar-refractivity contribution in [1.29, 1.82) is 0 Å². The van der Waals surface area contributed by atoms with Crippen molar-refractivity contribution in [2.45, 2.75) is 0 Å². The molecule has 0 radical (unpaired) electrons. The van der Waals surface area contributed by atoms with E-state index in [1.807, 2.05) is 12.1 Å². The van der Waals surface area contributed by atoms with Gasteiger partial charge in [-0.3, -0.25) is 0 Å². The molecular formula is C11H8N4O. The fourth-order valence-corrected chi connectivity index (χ4v) is 1.44. The first-order valence-corrected chi connectivity index (χ1v) is 4.75. The molecule has 2 N–H and O–H groups in total. The molecule has 2 aromatic heterocycles. The SMILES string of the molecule is Nc1ccc(-c2nc3cncnc3o2)cc1. The Bertz CT molecular complexity index is 597. The van der Waals surface area contributed by atoms with Crippen LogP contribution in [0.4, 0.5) is 5.69 Å². The van der Waals surface area contributed by atoms with Crippen LogP contribution < -0.4 is 5.73 Å². The Morgan fingerprint density at radius 1 is 1.12 bits per heavy atom. The molecule has 0 saturated carbocycles. The van der Waals surface area contributed by atoms with E-state index in [1.54, 1.807) is 18.3 Å². The maximum atomic E-state index is 5.61. The number of rotatable bonds is 1. The Kier molecular flexibility index (Phi) is 1.83. The van der Waals surface area contributed by atoms with E-state index in [4.69, 9.17) is 10.2 Å². The van der Waals surface area contributed by atoms with E-state index in [0.29, 0.717) is 22.8 Å². The highest BCUT2D eigenvalue weighted by Gasteiger charge is 2.08. The van der Waals surface area contributed by atoms with Gasteiger partial charge in [-0.2, -0.15) is 4.98 Å². The van der Waals surface area contributed by atoms with Crippen LogP contribution in [0.5, 0.6) is 0 Å². The average Bonchev–Trinajstić information content (AvgIpc) is 2.73. The van der Waals surface area contributed by atoms with Crippen LogP contribution in [0.25, 0.3) is 22.7 Å². The number of anilines is 1. The summed E-state index contributed by atoms with van der Waals surface area (Å²) in [6.07, 6.45) is 3.05. The van der Waals surface area contributed by atoms with Crippen molar-refractivity contribution in [2.24, 2.45) is 0 Å². The maximum absolute atomic E-state index is 5.61. The number of nitrogens with zero attached hydrogens (tertiary/aromatic N) is 3. The molecule has 0 bridgehead atoms. The quantitative estimate of drug-likeness (QED) is 0.623. The van der Waals surface area contributed by atoms with Gasteiger partial charge < -0.3 is 10.2 Å². The lowest BCUT2D eigenvalue weighted by atomic mass is 10.2. The van der Waals surface area contributed by atoms with Crippen molar-refractivity contribution in [3.63, 3.8) is 0 Å². The minimum atomic E-state index is 0.488. The summed E-state index contributed by atoms with van der Waals surface area (Å²) in [4.78, 5) is 12.1. The second kappa shape index (κ2) is 3.30. The van der Waals surface area contributed by atoms with Crippen LogP contribution >= 0.6 is 0 Å². The van der Waals surface area contributed by atoms with Gasteiger partial charge in [0.25, 0.3) is 0 Å². The molecule has 0 saturated heterocycles. The molecule has 5 heteroatoms. The molecule has 0 aliphatic carbocycles. The van der Waals surface area contributed by atoms with Crippen LogP contribution in [0.15, 0.2) is 41.2 Å². The van der Waals surface area contributed by atoms with E-state index in [2.05, 4.69) is 15.0 Å². The molecule has 0 unspecified atom stereocenters. The zero-order chi connectivity index (χ0) is 11.0. The number of nitrogen functional groups attached to an aromatic ring is 1. The van der Waals surface area contributed by atoms with Crippen molar-refractivity contribution < 1.29 is 4.42 Å². The summed E-state index contributed by atoms with van der Waals surface area (Å²) in [7, 11) is 0. The zero-order valence-corrected chi connectivity index (χ0v) is 8.29. The molecule has 0 fully saturated rings. The Morgan fingerprint density at radius 3 is 2.69 bits per heavy atom. The maximum Gasteiger partial charge on any atom is 0.250 e. The van der Waals surface area contributed by atoms with Crippen LogP contribution in [0.1, 0.15) is 0 Å². The highest BCUT2D eigenvalue weighted by atomic mass is 16.4. The summed E-state index contributed by atoms with van der Waals surface area (Å²) >= 11 is 0. The predicted molar refractivity (Wildman–Crippen MR) is 59.4 cm³/mol. The lowest BCUT2D eigenvalue weighted by Crippen LogP contribution is -1.83. The molecule has 2 heterocycles. The van der Waals surface area contributed by atoms with Crippen molar-refractivity contribution in [3.8, 4) is 11.5 Å². The van der Waals surface area contributed by atoms with Gasteiger partial charge >= 0.3 is 0 Å². The molecule has 5 nitrogen and oxygen atoms in total. The van der Waals surface area contributed by atoms with E-state index in [9.17, 15) is 0 Å². The van der Waals surface area contributed by atoms with Gasteiger partial charge in [-0.05, 0) is 24.3 Å². The van der Waals surface area contributed by atoms with E-state index in [1.165, 1.54) is 6.33 Å². The Morgan fingerprint density at radius 2 is 1.94 bits per heavy atom. The van der Waals surface area contributed by atoms with Gasteiger partial charge in [0.1, 0.15) is 11.8 Å². The first kappa shape index (κ1) is 8.84. The fourth-order valence-electron chi connectivity index (χ4n) is 1.44. The molecule has 78 valence electrons. The average molecular weight is 212 g/mol. The van der Waals surface area contributed by atoms with Crippen LogP contribution in [-0.4, -0.2) is 15.0 Å². The fraction of sp³-hybridized carbons (Fsp3) is 0. The lowest BCUT2D eigenvalue weighted by Gasteiger charge is -1.94. The van der Waals surface area contributed by atoms with Gasteiger partial charge in [-0.1, -0.05) is 0 Å². The second-order valence-electron chi connectivity index (χ2n) is 3.35. The van der Waals surface area contributed by atoms with Gasteiger partial charge in [-0.25, -0.2) is 9.97 Å². The molecular weight excluding hydrogens is 204 g/mol. The van der Waals surface area contributed by atoms with Gasteiger partial charge in [-0.15, -0.1) is 0 Å². The number of hydrogen-bond donors (Lipinski definition) is 1. The third-order valence-corrected chi connectivity index (χ3v) is 2.23. The second-order valence-corrected chi connectivity index (χ2v) is 3.35. The number of fused-ring (bicyclic) bond motifs is 1. The van der Waals surface area contributed by atoms with Crippen molar-refractivity contribution in [2.75, 3.05) is 5.73 Å². The topological polar surface area (TPSA) is 77.8 Å². The van der Waals surface area contributed by atoms with Crippen molar-refractivity contribution >= 4 is 16.9 Å². The minimum Gasteiger partial charge on any atom is -0.418 e. The van der Waals surface area contributed by atoms with E-state index in [0.717, 1.165) is 5.56 Å². The summed E-state index contributed by atoms with van der Waals surface area (Å²) in [6, 6.07) is 7.31. The third kappa shape index (κ3) is 1.38. The zero-order valence-electron chi connectivity index (χ0n) is 8.29. The summed E-state index contributed by atoms with van der Waals surface area (Å²) in [5.41, 5.74) is 8.32. The first-order valence-electron chi connectivity index (χ1n) is 4.75. The summed E-state index contributed by atoms with van der Waals surface area (Å²) < 4.78 is 5.49. The third-order valence-electron chi connectivity index (χ3n) is 2.23. The lowest BCUT2D eigenvalue weighted by molar-refractivity contribution is 0.607. The molecule has 0 spiro atoms. The van der Waals surface area contributed by atoms with Gasteiger partial charge in [0.05, 0.1) is 6.20 Å². The molecule has 0 aliphatic heterocycles. The van der Waals surface area contributed by atoms with Crippen LogP contribution in [0.2, 0.25) is 0 Å². The summed E-state index contributed by atoms with van der Waals surface area (Å²) in [5.74, 6) is 0.524. The summed E-state index contributed by atoms with van der Waals surface area (Å²) in [5, 5.41) is 0. The Labute approximate surface area is 91.0 Å². The number of hydrogen-bond acceptors (Lipinski definition) is 5. The molecule has 16 heavy (non-hydrogen) atoms. The smallest absolute Gasteiger partial charge is 0.250 e. The normalized spacial score (nSPS) is 10.8. The Balaban J connectivity index is 2.15. The van der Waals surface area contributed by atoms with Crippen molar-refractivity contribution in [3.05, 3.63) is 36.8 Å². The Hall–Kier alpha value is -2.43. The van der Waals surface area contributed by atoms with Gasteiger partial charge in [0.2, 0.25) is 11.6 Å². The number of nitrogens with two attached hydrogens (primary N) is 1. The van der Waals surface area contributed by atoms with Crippen LogP contribution in [-0.2, 0) is 0 Å². The standard InChI is InChI=1S/C11H8N4O/c12-8-3-1-7(2-4-8)10-15-9-5-13-6-14-11(9)16-10/h1-6H,12H2. The van der Waals surface area contributed by atoms with E-state index < -0.39 is 0 Å². The first-order chi connectivity index (χ1) is 7.83. The highest BCUT2D eigenvalue weighted by Crippen LogP contribution is 2.22. The number of aromatic nitrogens is 3. The molecule has 0 aliphatic rings. The van der Waals surface area contributed by atoms with Crippen LogP contribution in [0, 0.1) is 0 Å². The van der Waals surface area contributed by atoms with Gasteiger partial charge in [0.15, 0.2) is 0 Å². The van der Waals surface area contributed by atoms with E-state index in [-0.39, 0.29) is 0 Å². The van der Waals surface area contributed by atoms with Gasteiger partial charge in [0, 0.05) is 11.3 Å². The molecule has 3 rings (SSSR count). The predicted octanol–water partition coefficient (Wildman–Crippen LogP) is 1.87. The summed E-state index contributed by atoms with van der Waals surface area (Å²) in [6.45, 7) is 0. The molecule has 3 aromatic rings. The van der Waals surface area contributed by atoms with Crippen molar-refractivity contribution in [1.82, 2.24) is 15.0 Å². The van der Waals surface area contributed by atoms with E-state index >= 15 is 0 Å². The molecule has 0 amide bonds.